The lowest BCUT2D eigenvalue weighted by Gasteiger charge is -2.26. The zero-order valence-corrected chi connectivity index (χ0v) is 6.59. The third kappa shape index (κ3) is 2.58. The zero-order valence-electron chi connectivity index (χ0n) is 6.59. The minimum absolute atomic E-state index is 0.594. The van der Waals surface area contributed by atoms with Gasteiger partial charge in [0.2, 0.25) is 5.79 Å². The summed E-state index contributed by atoms with van der Waals surface area (Å²) in [6.07, 6.45) is 3.49. The van der Waals surface area contributed by atoms with Crippen molar-refractivity contribution in [1.29, 1.82) is 0 Å². The van der Waals surface area contributed by atoms with E-state index >= 15 is 0 Å². The SMILES string of the molecule is C=COC(C)(CC)OC=C. The summed E-state index contributed by atoms with van der Waals surface area (Å²) in [6, 6.07) is 0. The molecule has 0 aliphatic heterocycles. The minimum atomic E-state index is -0.594. The summed E-state index contributed by atoms with van der Waals surface area (Å²) in [4.78, 5) is 0. The lowest BCUT2D eigenvalue weighted by Crippen LogP contribution is -2.26. The number of ether oxygens (including phenoxy) is 2. The van der Waals surface area contributed by atoms with Crippen molar-refractivity contribution in [3.63, 3.8) is 0 Å². The van der Waals surface area contributed by atoms with Crippen molar-refractivity contribution in [2.24, 2.45) is 0 Å². The van der Waals surface area contributed by atoms with Gasteiger partial charge in [0.15, 0.2) is 0 Å². The predicted octanol–water partition coefficient (Wildman–Crippen LogP) is 2.43. The van der Waals surface area contributed by atoms with Crippen LogP contribution in [0.1, 0.15) is 20.3 Å². The highest BCUT2D eigenvalue weighted by Gasteiger charge is 2.21. The maximum Gasteiger partial charge on any atom is 0.246 e. The second kappa shape index (κ2) is 3.99. The Kier molecular flexibility index (Phi) is 3.62. The Balaban J connectivity index is 3.92. The van der Waals surface area contributed by atoms with E-state index in [9.17, 15) is 0 Å². The van der Waals surface area contributed by atoms with E-state index in [1.165, 1.54) is 12.5 Å². The Morgan fingerprint density at radius 2 is 1.70 bits per heavy atom. The highest BCUT2D eigenvalue weighted by molar-refractivity contribution is 4.68. The first kappa shape index (κ1) is 9.08. The van der Waals surface area contributed by atoms with Crippen LogP contribution in [-0.4, -0.2) is 5.79 Å². The fraction of sp³-hybridized carbons (Fsp3) is 0.500. The maximum atomic E-state index is 5.09. The highest BCUT2D eigenvalue weighted by atomic mass is 16.7. The van der Waals surface area contributed by atoms with Gasteiger partial charge in [-0.15, -0.1) is 0 Å². The molecule has 0 fully saturated rings. The molecule has 0 aromatic rings. The van der Waals surface area contributed by atoms with Gasteiger partial charge in [0, 0.05) is 13.3 Å². The predicted molar refractivity (Wildman–Crippen MR) is 41.3 cm³/mol. The van der Waals surface area contributed by atoms with Gasteiger partial charge in [-0.3, -0.25) is 0 Å². The normalized spacial score (nSPS) is 10.2. The minimum Gasteiger partial charge on any atom is -0.461 e. The molecule has 0 aromatic carbocycles. The molecule has 0 unspecified atom stereocenters. The van der Waals surface area contributed by atoms with E-state index in [0.717, 1.165) is 6.42 Å². The molecule has 0 bridgehead atoms. The molecule has 0 radical (unpaired) electrons. The van der Waals surface area contributed by atoms with Crippen LogP contribution in [0.15, 0.2) is 25.7 Å². The molecule has 0 rings (SSSR count). The van der Waals surface area contributed by atoms with Crippen LogP contribution in [-0.2, 0) is 9.47 Å². The molecule has 0 spiro atoms. The molecule has 0 aliphatic carbocycles. The van der Waals surface area contributed by atoms with Crippen LogP contribution in [0.4, 0.5) is 0 Å². The van der Waals surface area contributed by atoms with Crippen molar-refractivity contribution in [3.05, 3.63) is 25.7 Å². The Bertz CT molecular complexity index is 108. The zero-order chi connectivity index (χ0) is 8.04. The molecular weight excluding hydrogens is 128 g/mol. The molecule has 2 nitrogen and oxygen atoms in total. The van der Waals surface area contributed by atoms with Crippen LogP contribution in [0.3, 0.4) is 0 Å². The summed E-state index contributed by atoms with van der Waals surface area (Å²) in [5.41, 5.74) is 0. The molecule has 2 heteroatoms. The van der Waals surface area contributed by atoms with Crippen LogP contribution in [0, 0.1) is 0 Å². The fourth-order valence-electron chi connectivity index (χ4n) is 0.547. The molecule has 0 atom stereocenters. The fourth-order valence-corrected chi connectivity index (χ4v) is 0.547. The first-order valence-corrected chi connectivity index (χ1v) is 3.26. The van der Waals surface area contributed by atoms with Crippen LogP contribution >= 0.6 is 0 Å². The third-order valence-corrected chi connectivity index (χ3v) is 1.31. The first-order valence-electron chi connectivity index (χ1n) is 3.26. The van der Waals surface area contributed by atoms with Gasteiger partial charge in [-0.25, -0.2) is 0 Å². The summed E-state index contributed by atoms with van der Waals surface area (Å²) in [5.74, 6) is -0.594. The van der Waals surface area contributed by atoms with Crippen LogP contribution in [0.25, 0.3) is 0 Å². The van der Waals surface area contributed by atoms with Crippen molar-refractivity contribution in [3.8, 4) is 0 Å². The van der Waals surface area contributed by atoms with Gasteiger partial charge < -0.3 is 9.47 Å². The molecule has 58 valence electrons. The second-order valence-corrected chi connectivity index (χ2v) is 2.06. The van der Waals surface area contributed by atoms with E-state index < -0.39 is 5.79 Å². The van der Waals surface area contributed by atoms with Crippen LogP contribution < -0.4 is 0 Å². The standard InChI is InChI=1S/C8H14O2/c1-5-8(4,9-6-2)10-7-3/h6-7H,2-3,5H2,1,4H3. The summed E-state index contributed by atoms with van der Waals surface area (Å²) < 4.78 is 10.2. The summed E-state index contributed by atoms with van der Waals surface area (Å²) in [5, 5.41) is 0. The Morgan fingerprint density at radius 1 is 1.30 bits per heavy atom. The molecular formula is C8H14O2. The van der Waals surface area contributed by atoms with Crippen LogP contribution in [0.2, 0.25) is 0 Å². The van der Waals surface area contributed by atoms with Crippen molar-refractivity contribution in [2.45, 2.75) is 26.1 Å². The van der Waals surface area contributed by atoms with E-state index in [-0.39, 0.29) is 0 Å². The van der Waals surface area contributed by atoms with E-state index in [1.807, 2.05) is 13.8 Å². The molecule has 0 amide bonds. The van der Waals surface area contributed by atoms with Gasteiger partial charge in [0.1, 0.15) is 0 Å². The smallest absolute Gasteiger partial charge is 0.246 e. The van der Waals surface area contributed by atoms with E-state index in [1.54, 1.807) is 0 Å². The Morgan fingerprint density at radius 3 is 1.90 bits per heavy atom. The maximum absolute atomic E-state index is 5.09. The summed E-state index contributed by atoms with van der Waals surface area (Å²) in [6.45, 7) is 10.7. The molecule has 0 aromatic heterocycles. The lowest BCUT2D eigenvalue weighted by molar-refractivity contribution is -0.159. The van der Waals surface area contributed by atoms with Gasteiger partial charge in [-0.1, -0.05) is 20.1 Å². The summed E-state index contributed by atoms with van der Waals surface area (Å²) >= 11 is 0. The number of hydrogen-bond donors (Lipinski definition) is 0. The molecule has 0 saturated heterocycles. The van der Waals surface area contributed by atoms with Gasteiger partial charge in [0.05, 0.1) is 12.5 Å². The monoisotopic (exact) mass is 142 g/mol. The van der Waals surface area contributed by atoms with Gasteiger partial charge >= 0.3 is 0 Å². The molecule has 0 heterocycles. The Labute approximate surface area is 62.1 Å². The average Bonchev–Trinajstić information content (AvgIpc) is 1.89. The molecule has 0 N–H and O–H groups in total. The topological polar surface area (TPSA) is 18.5 Å². The Hall–Kier alpha value is -0.920. The van der Waals surface area contributed by atoms with Crippen molar-refractivity contribution in [2.75, 3.05) is 0 Å². The van der Waals surface area contributed by atoms with Crippen molar-refractivity contribution < 1.29 is 9.47 Å². The van der Waals surface area contributed by atoms with Crippen molar-refractivity contribution >= 4 is 0 Å². The largest absolute Gasteiger partial charge is 0.461 e. The van der Waals surface area contributed by atoms with Gasteiger partial charge in [-0.2, -0.15) is 0 Å². The lowest BCUT2D eigenvalue weighted by atomic mass is 10.2. The van der Waals surface area contributed by atoms with Crippen molar-refractivity contribution in [1.82, 2.24) is 0 Å². The average molecular weight is 142 g/mol. The molecule has 0 aliphatic rings. The molecule has 10 heavy (non-hydrogen) atoms. The van der Waals surface area contributed by atoms with E-state index in [2.05, 4.69) is 13.2 Å². The number of rotatable bonds is 5. The number of hydrogen-bond acceptors (Lipinski definition) is 2. The third-order valence-electron chi connectivity index (χ3n) is 1.31. The van der Waals surface area contributed by atoms with E-state index in [4.69, 9.17) is 9.47 Å². The molecule has 0 saturated carbocycles. The van der Waals surface area contributed by atoms with Gasteiger partial charge in [0.25, 0.3) is 0 Å². The van der Waals surface area contributed by atoms with Crippen LogP contribution in [0.5, 0.6) is 0 Å². The quantitative estimate of drug-likeness (QED) is 0.433. The van der Waals surface area contributed by atoms with Gasteiger partial charge in [-0.05, 0) is 0 Å². The highest BCUT2D eigenvalue weighted by Crippen LogP contribution is 2.16. The van der Waals surface area contributed by atoms with E-state index in [0.29, 0.717) is 0 Å². The summed E-state index contributed by atoms with van der Waals surface area (Å²) in [7, 11) is 0. The second-order valence-electron chi connectivity index (χ2n) is 2.06. The first-order chi connectivity index (χ1) is 4.68.